The van der Waals surface area contributed by atoms with Gasteiger partial charge in [-0.3, -0.25) is 0 Å². The predicted octanol–water partition coefficient (Wildman–Crippen LogP) is 3.35. The summed E-state index contributed by atoms with van der Waals surface area (Å²) >= 11 is 12.1. The highest BCUT2D eigenvalue weighted by Gasteiger charge is 2.05. The molecule has 0 aromatic rings. The molecule has 0 nitrogen and oxygen atoms in total. The van der Waals surface area contributed by atoms with Crippen LogP contribution in [0.3, 0.4) is 0 Å². The number of thioether (sulfide) groups is 2. The molecule has 0 aliphatic rings. The summed E-state index contributed by atoms with van der Waals surface area (Å²) < 4.78 is 0.708. The third-order valence-corrected chi connectivity index (χ3v) is 4.27. The molecule has 0 radical (unpaired) electrons. The third-order valence-electron chi connectivity index (χ3n) is 1.05. The van der Waals surface area contributed by atoms with Crippen LogP contribution in [0.4, 0.5) is 0 Å². The quantitative estimate of drug-likeness (QED) is 0.514. The van der Waals surface area contributed by atoms with Crippen molar-refractivity contribution in [1.82, 2.24) is 0 Å². The molecule has 10 heavy (non-hydrogen) atoms. The fourth-order valence-corrected chi connectivity index (χ4v) is 4.23. The number of thiol groups is 2. The van der Waals surface area contributed by atoms with E-state index in [-0.39, 0.29) is 0 Å². The van der Waals surface area contributed by atoms with Gasteiger partial charge in [-0.15, -0.1) is 23.5 Å². The van der Waals surface area contributed by atoms with E-state index in [0.717, 1.165) is 10.2 Å². The van der Waals surface area contributed by atoms with Gasteiger partial charge in [-0.05, 0) is 6.42 Å². The molecule has 0 atom stereocenters. The van der Waals surface area contributed by atoms with Crippen molar-refractivity contribution in [1.29, 1.82) is 0 Å². The summed E-state index contributed by atoms with van der Waals surface area (Å²) in [4.78, 5) is 0. The van der Waals surface area contributed by atoms with Crippen molar-refractivity contribution in [3.8, 4) is 0 Å². The van der Waals surface area contributed by atoms with E-state index in [9.17, 15) is 0 Å². The van der Waals surface area contributed by atoms with Crippen molar-refractivity contribution < 1.29 is 0 Å². The Morgan fingerprint density at radius 2 is 1.70 bits per heavy atom. The lowest BCUT2D eigenvalue weighted by atomic mass is 10.4. The lowest BCUT2D eigenvalue weighted by Gasteiger charge is -2.11. The standard InChI is InChI=1S/C6H14S4/c1-2-3-6(9-4-7)10-5-8/h6-8H,2-5H2,1H3. The smallest absolute Gasteiger partial charge is 0.0518 e. The molecule has 0 fully saturated rings. The van der Waals surface area contributed by atoms with Crippen LogP contribution in [0, 0.1) is 0 Å². The zero-order chi connectivity index (χ0) is 7.82. The van der Waals surface area contributed by atoms with Gasteiger partial charge in [0.15, 0.2) is 0 Å². The van der Waals surface area contributed by atoms with Gasteiger partial charge in [-0.2, -0.15) is 25.3 Å². The molecule has 0 rings (SSSR count). The first kappa shape index (κ1) is 11.4. The Labute approximate surface area is 83.1 Å². The summed E-state index contributed by atoms with van der Waals surface area (Å²) in [5, 5.41) is 1.84. The van der Waals surface area contributed by atoms with E-state index in [1.807, 2.05) is 23.5 Å². The molecule has 0 aromatic heterocycles. The highest BCUT2D eigenvalue weighted by molar-refractivity contribution is 8.23. The topological polar surface area (TPSA) is 0 Å². The van der Waals surface area contributed by atoms with Gasteiger partial charge < -0.3 is 0 Å². The molecule has 0 bridgehead atoms. The summed E-state index contributed by atoms with van der Waals surface area (Å²) in [5.74, 6) is 0. The van der Waals surface area contributed by atoms with Gasteiger partial charge in [0.2, 0.25) is 0 Å². The zero-order valence-corrected chi connectivity index (χ0v) is 9.54. The van der Waals surface area contributed by atoms with Crippen molar-refractivity contribution in [2.75, 3.05) is 10.2 Å². The Morgan fingerprint density at radius 3 is 2.00 bits per heavy atom. The maximum Gasteiger partial charge on any atom is 0.0518 e. The summed E-state index contributed by atoms with van der Waals surface area (Å²) in [7, 11) is 0. The lowest BCUT2D eigenvalue weighted by molar-refractivity contribution is 0.871. The predicted molar refractivity (Wildman–Crippen MR) is 61.6 cm³/mol. The fourth-order valence-electron chi connectivity index (χ4n) is 0.617. The molecule has 0 amide bonds. The minimum Gasteiger partial charge on any atom is -0.168 e. The maximum absolute atomic E-state index is 4.17. The number of rotatable bonds is 6. The van der Waals surface area contributed by atoms with Gasteiger partial charge >= 0.3 is 0 Å². The van der Waals surface area contributed by atoms with Gasteiger partial charge in [0.05, 0.1) is 4.58 Å². The minimum atomic E-state index is 0.708. The first-order chi connectivity index (χ1) is 4.85. The van der Waals surface area contributed by atoms with Crippen LogP contribution in [0.1, 0.15) is 19.8 Å². The Bertz CT molecular complexity index is 52.5. The van der Waals surface area contributed by atoms with Crippen LogP contribution in [0.15, 0.2) is 0 Å². The lowest BCUT2D eigenvalue weighted by Crippen LogP contribution is -1.95. The molecule has 0 saturated heterocycles. The van der Waals surface area contributed by atoms with Gasteiger partial charge in [0, 0.05) is 10.2 Å². The highest BCUT2D eigenvalue weighted by Crippen LogP contribution is 2.28. The van der Waals surface area contributed by atoms with Gasteiger partial charge in [0.25, 0.3) is 0 Å². The number of hydrogen-bond donors (Lipinski definition) is 2. The maximum atomic E-state index is 4.17. The molecule has 0 N–H and O–H groups in total. The second-order valence-corrected chi connectivity index (χ2v) is 5.98. The minimum absolute atomic E-state index is 0.708. The van der Waals surface area contributed by atoms with E-state index in [1.54, 1.807) is 0 Å². The molecule has 0 saturated carbocycles. The molecule has 0 aliphatic heterocycles. The fraction of sp³-hybridized carbons (Fsp3) is 1.00. The summed E-state index contributed by atoms with van der Waals surface area (Å²) in [6.45, 7) is 2.21. The molecule has 4 heteroatoms. The van der Waals surface area contributed by atoms with Crippen LogP contribution in [0.5, 0.6) is 0 Å². The van der Waals surface area contributed by atoms with Gasteiger partial charge in [0.1, 0.15) is 0 Å². The molecule has 62 valence electrons. The second-order valence-electron chi connectivity index (χ2n) is 1.81. The zero-order valence-electron chi connectivity index (χ0n) is 6.12. The van der Waals surface area contributed by atoms with Gasteiger partial charge in [-0.25, -0.2) is 0 Å². The monoisotopic (exact) mass is 214 g/mol. The summed E-state index contributed by atoms with van der Waals surface area (Å²) in [6.07, 6.45) is 2.53. The molecule has 0 aliphatic carbocycles. The largest absolute Gasteiger partial charge is 0.168 e. The van der Waals surface area contributed by atoms with Crippen molar-refractivity contribution in [3.05, 3.63) is 0 Å². The first-order valence-electron chi connectivity index (χ1n) is 3.30. The van der Waals surface area contributed by atoms with Gasteiger partial charge in [-0.1, -0.05) is 13.3 Å². The Morgan fingerprint density at radius 1 is 1.20 bits per heavy atom. The van der Waals surface area contributed by atoms with E-state index < -0.39 is 0 Å². The van der Waals surface area contributed by atoms with Crippen LogP contribution in [0.25, 0.3) is 0 Å². The van der Waals surface area contributed by atoms with Crippen LogP contribution < -0.4 is 0 Å². The average molecular weight is 214 g/mol. The molecule has 0 spiro atoms. The van der Waals surface area contributed by atoms with Crippen molar-refractivity contribution >= 4 is 48.8 Å². The molecule has 0 aromatic carbocycles. The normalized spacial score (nSPS) is 10.8. The van der Waals surface area contributed by atoms with Crippen LogP contribution in [-0.4, -0.2) is 14.8 Å². The van der Waals surface area contributed by atoms with Crippen LogP contribution in [0.2, 0.25) is 0 Å². The van der Waals surface area contributed by atoms with Crippen LogP contribution in [-0.2, 0) is 0 Å². The van der Waals surface area contributed by atoms with E-state index in [1.165, 1.54) is 12.8 Å². The summed E-state index contributed by atoms with van der Waals surface area (Å²) in [5.41, 5.74) is 0. The Balaban J connectivity index is 3.30. The van der Waals surface area contributed by atoms with Crippen molar-refractivity contribution in [2.24, 2.45) is 0 Å². The van der Waals surface area contributed by atoms with Crippen molar-refractivity contribution in [3.63, 3.8) is 0 Å². The molecular weight excluding hydrogens is 200 g/mol. The van der Waals surface area contributed by atoms with E-state index in [0.29, 0.717) is 4.58 Å². The summed E-state index contributed by atoms with van der Waals surface area (Å²) in [6, 6.07) is 0. The van der Waals surface area contributed by atoms with E-state index >= 15 is 0 Å². The SMILES string of the molecule is CCCC(SCS)SCS. The van der Waals surface area contributed by atoms with E-state index in [2.05, 4.69) is 32.2 Å². The molecule has 0 unspecified atom stereocenters. The average Bonchev–Trinajstić information content (AvgIpc) is 1.90. The third kappa shape index (κ3) is 6.13. The Kier molecular flexibility index (Phi) is 9.69. The molecular formula is C6H14S4. The van der Waals surface area contributed by atoms with Crippen molar-refractivity contribution in [2.45, 2.75) is 24.3 Å². The first-order valence-corrected chi connectivity index (χ1v) is 6.66. The van der Waals surface area contributed by atoms with Crippen LogP contribution >= 0.6 is 48.8 Å². The Hall–Kier alpha value is 1.40. The number of hydrogen-bond acceptors (Lipinski definition) is 4. The molecule has 0 heterocycles. The highest BCUT2D eigenvalue weighted by atomic mass is 32.2. The second kappa shape index (κ2) is 8.50. The van der Waals surface area contributed by atoms with E-state index in [4.69, 9.17) is 0 Å².